The molecular formula is C34H46ClN5O8Si. The molecule has 4 aliphatic rings. The van der Waals surface area contributed by atoms with E-state index in [0.717, 1.165) is 43.2 Å². The summed E-state index contributed by atoms with van der Waals surface area (Å²) >= 11 is 6.83. The number of halogens is 1. The fourth-order valence-electron chi connectivity index (χ4n) is 6.65. The molecule has 4 fully saturated rings. The lowest BCUT2D eigenvalue weighted by atomic mass is 10.1. The number of nitrogens with zero attached hydrogens (tertiary/aromatic N) is 5. The first kappa shape index (κ1) is 34.5. The largest absolute Gasteiger partial charge is 0.456 e. The van der Waals surface area contributed by atoms with Gasteiger partial charge in [-0.15, -0.1) is 0 Å². The normalized spacial score (nSPS) is 24.8. The second-order valence-electron chi connectivity index (χ2n) is 14.4. The van der Waals surface area contributed by atoms with Crippen LogP contribution < -0.4 is 9.64 Å². The minimum absolute atomic E-state index is 0.0845. The van der Waals surface area contributed by atoms with E-state index in [-0.39, 0.29) is 38.2 Å². The summed E-state index contributed by atoms with van der Waals surface area (Å²) in [6.07, 6.45) is -0.666. The fraction of sp³-hybridized carbons (Fsp3) is 0.618. The van der Waals surface area contributed by atoms with Crippen LogP contribution in [0.4, 0.5) is 10.5 Å². The zero-order chi connectivity index (χ0) is 34.1. The quantitative estimate of drug-likeness (QED) is 0.237. The van der Waals surface area contributed by atoms with E-state index < -0.39 is 26.4 Å². The number of rotatable bonds is 10. The van der Waals surface area contributed by atoms with Gasteiger partial charge < -0.3 is 43.3 Å². The van der Waals surface area contributed by atoms with E-state index in [1.165, 1.54) is 0 Å². The maximum absolute atomic E-state index is 12.5. The number of pyridine rings is 1. The van der Waals surface area contributed by atoms with Crippen LogP contribution in [0, 0.1) is 0 Å². The van der Waals surface area contributed by atoms with Gasteiger partial charge in [-0.05, 0) is 24.2 Å². The van der Waals surface area contributed by atoms with Crippen molar-refractivity contribution in [2.45, 2.75) is 75.8 Å². The number of benzene rings is 1. The molecule has 0 aliphatic carbocycles. The zero-order valence-corrected chi connectivity index (χ0v) is 30.1. The summed E-state index contributed by atoms with van der Waals surface area (Å²) in [4.78, 5) is 26.3. The molecule has 1 aromatic carbocycles. The van der Waals surface area contributed by atoms with Gasteiger partial charge in [-0.3, -0.25) is 4.57 Å². The van der Waals surface area contributed by atoms with Gasteiger partial charge in [0, 0.05) is 65.0 Å². The maximum Gasteiger partial charge on any atom is 0.410 e. The van der Waals surface area contributed by atoms with Crippen molar-refractivity contribution in [2.24, 2.45) is 0 Å². The predicted octanol–water partition coefficient (Wildman–Crippen LogP) is 4.41. The molecule has 0 spiro atoms. The van der Waals surface area contributed by atoms with Crippen LogP contribution in [0.2, 0.25) is 30.7 Å². The Labute approximate surface area is 292 Å². The molecule has 7 rings (SSSR count). The molecule has 4 saturated heterocycles. The number of aromatic nitrogens is 3. The molecule has 4 atom stereocenters. The highest BCUT2D eigenvalue weighted by Crippen LogP contribution is 2.35. The van der Waals surface area contributed by atoms with Crippen LogP contribution in [0.3, 0.4) is 0 Å². The average Bonchev–Trinajstić information content (AvgIpc) is 3.77. The van der Waals surface area contributed by atoms with Crippen LogP contribution in [-0.2, 0) is 30.4 Å². The van der Waals surface area contributed by atoms with Crippen LogP contribution in [0.1, 0.15) is 12.8 Å². The third-order valence-electron chi connectivity index (χ3n) is 9.58. The van der Waals surface area contributed by atoms with Gasteiger partial charge in [0.2, 0.25) is 0 Å². The van der Waals surface area contributed by atoms with Crippen LogP contribution in [-0.4, -0.2) is 128 Å². The van der Waals surface area contributed by atoms with Crippen molar-refractivity contribution in [2.75, 3.05) is 64.1 Å². The minimum atomic E-state index is -1.29. The number of aliphatic hydroxyl groups is 1. The summed E-state index contributed by atoms with van der Waals surface area (Å²) in [6, 6.07) is 11.4. The number of piperidine rings is 1. The van der Waals surface area contributed by atoms with Gasteiger partial charge in [0.15, 0.2) is 11.8 Å². The van der Waals surface area contributed by atoms with Gasteiger partial charge in [-0.1, -0.05) is 43.4 Å². The Morgan fingerprint density at radius 2 is 1.76 bits per heavy atom. The summed E-state index contributed by atoms with van der Waals surface area (Å²) < 4.78 is 37.1. The lowest BCUT2D eigenvalue weighted by Crippen LogP contribution is -2.44. The highest BCUT2D eigenvalue weighted by molar-refractivity contribution is 6.76. The van der Waals surface area contributed by atoms with Gasteiger partial charge >= 0.3 is 12.1 Å². The van der Waals surface area contributed by atoms with E-state index in [2.05, 4.69) is 36.7 Å². The summed E-state index contributed by atoms with van der Waals surface area (Å²) in [6.45, 7) is 12.2. The molecule has 0 unspecified atom stereocenters. The Balaban J connectivity index is 1.06. The van der Waals surface area contributed by atoms with Crippen molar-refractivity contribution in [3.63, 3.8) is 0 Å². The third kappa shape index (κ3) is 7.85. The van der Waals surface area contributed by atoms with E-state index in [1.54, 1.807) is 4.90 Å². The molecular weight excluding hydrogens is 670 g/mol. The molecule has 13 nitrogen and oxygen atoms in total. The second kappa shape index (κ2) is 14.7. The van der Waals surface area contributed by atoms with Gasteiger partial charge in [0.05, 0.1) is 37.1 Å². The molecule has 0 radical (unpaired) electrons. The topological polar surface area (TPSA) is 130 Å². The molecule has 2 aromatic heterocycles. The number of amides is 1. The highest BCUT2D eigenvalue weighted by Gasteiger charge is 2.49. The Morgan fingerprint density at radius 1 is 1.02 bits per heavy atom. The molecule has 0 bridgehead atoms. The van der Waals surface area contributed by atoms with E-state index in [4.69, 9.17) is 50.0 Å². The summed E-state index contributed by atoms with van der Waals surface area (Å²) in [5, 5.41) is 10.7. The predicted molar refractivity (Wildman–Crippen MR) is 186 cm³/mol. The standard InChI is InChI=1S/C34H46ClN5O8Si/c1-49(2,3)17-16-44-21-40-32-26(36-33(40)48-28-20-46-30-27(41)19-45-31(28)30)18-25(35)29(37-32)22-4-6-23(7-5-22)38-10-8-24(9-11-38)47-34(42)39-12-14-43-15-13-39/h4-7,18,24,27-28,30-31,41H,8-17,19-21H2,1-3H3/t27-,28-,30-,31-/m1/s1. The Bertz CT molecular complexity index is 1610. The smallest absolute Gasteiger partial charge is 0.410 e. The zero-order valence-electron chi connectivity index (χ0n) is 28.4. The number of imidazole rings is 1. The number of carbonyl (C=O) groups is 1. The lowest BCUT2D eigenvalue weighted by molar-refractivity contribution is 0.00336. The fourth-order valence-corrected chi connectivity index (χ4v) is 7.66. The lowest BCUT2D eigenvalue weighted by Gasteiger charge is -2.35. The van der Waals surface area contributed by atoms with E-state index in [9.17, 15) is 9.90 Å². The van der Waals surface area contributed by atoms with Crippen molar-refractivity contribution in [3.8, 4) is 17.3 Å². The number of morpholine rings is 1. The first-order valence-electron chi connectivity index (χ1n) is 17.2. The summed E-state index contributed by atoms with van der Waals surface area (Å²) in [5.41, 5.74) is 3.79. The van der Waals surface area contributed by atoms with Crippen LogP contribution in [0.15, 0.2) is 30.3 Å². The molecule has 3 aromatic rings. The number of carbonyl (C=O) groups excluding carboxylic acids is 1. The first-order valence-corrected chi connectivity index (χ1v) is 21.3. The maximum atomic E-state index is 12.5. The van der Waals surface area contributed by atoms with Crippen LogP contribution >= 0.6 is 11.6 Å². The average molecular weight is 716 g/mol. The third-order valence-corrected chi connectivity index (χ3v) is 11.6. The van der Waals surface area contributed by atoms with Gasteiger partial charge in [0.1, 0.15) is 36.7 Å². The van der Waals surface area contributed by atoms with Gasteiger partial charge in [0.25, 0.3) is 0 Å². The molecule has 6 heterocycles. The summed E-state index contributed by atoms with van der Waals surface area (Å²) in [5.74, 6) is 0. The number of hydrogen-bond acceptors (Lipinski definition) is 11. The van der Waals surface area contributed by atoms with E-state index in [0.29, 0.717) is 60.8 Å². The van der Waals surface area contributed by atoms with Gasteiger partial charge in [-0.2, -0.15) is 4.98 Å². The van der Waals surface area contributed by atoms with Crippen molar-refractivity contribution in [1.82, 2.24) is 19.4 Å². The molecule has 1 N–H and O–H groups in total. The monoisotopic (exact) mass is 715 g/mol. The Hall–Kier alpha value is -2.98. The molecule has 15 heteroatoms. The van der Waals surface area contributed by atoms with Crippen molar-refractivity contribution >= 4 is 42.6 Å². The number of aliphatic hydroxyl groups excluding tert-OH is 1. The minimum Gasteiger partial charge on any atom is -0.456 e. The van der Waals surface area contributed by atoms with Crippen LogP contribution in [0.5, 0.6) is 6.01 Å². The highest BCUT2D eigenvalue weighted by atomic mass is 35.5. The van der Waals surface area contributed by atoms with E-state index >= 15 is 0 Å². The number of anilines is 1. The Kier molecular flexibility index (Phi) is 10.3. The number of ether oxygens (including phenoxy) is 6. The number of fused-ring (bicyclic) bond motifs is 2. The second-order valence-corrected chi connectivity index (χ2v) is 20.4. The molecule has 1 amide bonds. The summed E-state index contributed by atoms with van der Waals surface area (Å²) in [7, 11) is -1.29. The Morgan fingerprint density at radius 3 is 2.49 bits per heavy atom. The number of hydrogen-bond donors (Lipinski definition) is 1. The molecule has 0 saturated carbocycles. The molecule has 4 aliphatic heterocycles. The molecule has 49 heavy (non-hydrogen) atoms. The van der Waals surface area contributed by atoms with Gasteiger partial charge in [-0.25, -0.2) is 9.78 Å². The first-order chi connectivity index (χ1) is 23.6. The van der Waals surface area contributed by atoms with E-state index in [1.807, 2.05) is 22.8 Å². The van der Waals surface area contributed by atoms with Crippen molar-refractivity contribution in [3.05, 3.63) is 35.4 Å². The molecule has 266 valence electrons. The van der Waals surface area contributed by atoms with Crippen molar-refractivity contribution < 1.29 is 38.3 Å². The van der Waals surface area contributed by atoms with Crippen LogP contribution in [0.25, 0.3) is 22.4 Å². The van der Waals surface area contributed by atoms with Crippen molar-refractivity contribution in [1.29, 1.82) is 0 Å². The SMILES string of the molecule is C[Si](C)(C)CCOCn1c(O[C@@H]2CO[C@H]3[C@@H]2OC[C@H]3O)nc2cc(Cl)c(-c3ccc(N4CCC(OC(=O)N5CCOCC5)CC4)cc3)nc21.